The monoisotopic (exact) mass is 214 g/mol. The van der Waals surface area contributed by atoms with Gasteiger partial charge >= 0.3 is 0 Å². The number of nitriles is 1. The van der Waals surface area contributed by atoms with Crippen molar-refractivity contribution in [2.24, 2.45) is 5.41 Å². The smallest absolute Gasteiger partial charge is 0.0635 e. The summed E-state index contributed by atoms with van der Waals surface area (Å²) in [6.07, 6.45) is 0.477. The molecule has 0 rings (SSSR count). The molecule has 0 heterocycles. The Morgan fingerprint density at radius 3 is 2.20 bits per heavy atom. The zero-order valence-electron chi connectivity index (χ0n) is 9.90. The molecule has 2 N–H and O–H groups in total. The SMILES string of the molecule is CC(C)N(CCC#N)CC(C)(CO)CO. The fourth-order valence-corrected chi connectivity index (χ4v) is 1.35. The number of aliphatic hydroxyl groups is 2. The summed E-state index contributed by atoms with van der Waals surface area (Å²) in [5.41, 5.74) is -0.486. The van der Waals surface area contributed by atoms with Crippen molar-refractivity contribution in [3.63, 3.8) is 0 Å². The highest BCUT2D eigenvalue weighted by molar-refractivity contribution is 4.81. The van der Waals surface area contributed by atoms with E-state index in [2.05, 4.69) is 11.0 Å². The molecule has 88 valence electrons. The number of rotatable bonds is 7. The first-order chi connectivity index (χ1) is 6.99. The van der Waals surface area contributed by atoms with Gasteiger partial charge in [-0.05, 0) is 13.8 Å². The van der Waals surface area contributed by atoms with Gasteiger partial charge in [-0.15, -0.1) is 0 Å². The van der Waals surface area contributed by atoms with Gasteiger partial charge in [-0.1, -0.05) is 6.92 Å². The Labute approximate surface area is 92.1 Å². The summed E-state index contributed by atoms with van der Waals surface area (Å²) in [7, 11) is 0. The van der Waals surface area contributed by atoms with Crippen molar-refractivity contribution in [2.75, 3.05) is 26.3 Å². The molecule has 0 saturated heterocycles. The Bertz CT molecular complexity index is 207. The molecule has 0 amide bonds. The Balaban J connectivity index is 4.33. The molecule has 0 atom stereocenters. The van der Waals surface area contributed by atoms with Crippen molar-refractivity contribution < 1.29 is 10.2 Å². The number of nitrogens with zero attached hydrogens (tertiary/aromatic N) is 2. The molecule has 4 heteroatoms. The van der Waals surface area contributed by atoms with Crippen molar-refractivity contribution in [1.82, 2.24) is 4.90 Å². The minimum atomic E-state index is -0.486. The predicted molar refractivity (Wildman–Crippen MR) is 59.2 cm³/mol. The predicted octanol–water partition coefficient (Wildman–Crippen LogP) is 0.601. The van der Waals surface area contributed by atoms with Gasteiger partial charge in [-0.2, -0.15) is 5.26 Å². The van der Waals surface area contributed by atoms with Gasteiger partial charge in [-0.3, -0.25) is 4.90 Å². The van der Waals surface area contributed by atoms with Gasteiger partial charge in [0.05, 0.1) is 19.3 Å². The van der Waals surface area contributed by atoms with E-state index in [0.29, 0.717) is 25.6 Å². The molecule has 0 aromatic heterocycles. The van der Waals surface area contributed by atoms with Crippen LogP contribution in [0.4, 0.5) is 0 Å². The van der Waals surface area contributed by atoms with E-state index < -0.39 is 5.41 Å². The maximum Gasteiger partial charge on any atom is 0.0635 e. The van der Waals surface area contributed by atoms with E-state index in [1.165, 1.54) is 0 Å². The van der Waals surface area contributed by atoms with Gasteiger partial charge in [-0.25, -0.2) is 0 Å². The lowest BCUT2D eigenvalue weighted by molar-refractivity contribution is 0.0269. The van der Waals surface area contributed by atoms with E-state index in [1.54, 1.807) is 0 Å². The molecule has 0 spiro atoms. The van der Waals surface area contributed by atoms with Crippen LogP contribution in [-0.4, -0.2) is 47.5 Å². The number of hydrogen-bond donors (Lipinski definition) is 2. The zero-order valence-corrected chi connectivity index (χ0v) is 9.90. The highest BCUT2D eigenvalue weighted by Gasteiger charge is 2.26. The summed E-state index contributed by atoms with van der Waals surface area (Å²) < 4.78 is 0. The third-order valence-corrected chi connectivity index (χ3v) is 2.59. The average Bonchev–Trinajstić information content (AvgIpc) is 2.23. The third-order valence-electron chi connectivity index (χ3n) is 2.59. The maximum absolute atomic E-state index is 9.19. The quantitative estimate of drug-likeness (QED) is 0.651. The van der Waals surface area contributed by atoms with Gasteiger partial charge in [0.2, 0.25) is 0 Å². The van der Waals surface area contributed by atoms with E-state index in [-0.39, 0.29) is 13.2 Å². The van der Waals surface area contributed by atoms with Gasteiger partial charge < -0.3 is 10.2 Å². The Morgan fingerprint density at radius 2 is 1.87 bits per heavy atom. The van der Waals surface area contributed by atoms with E-state index in [0.717, 1.165) is 0 Å². The van der Waals surface area contributed by atoms with Crippen molar-refractivity contribution in [2.45, 2.75) is 33.2 Å². The maximum atomic E-state index is 9.19. The van der Waals surface area contributed by atoms with Crippen LogP contribution in [0.2, 0.25) is 0 Å². The molecule has 4 nitrogen and oxygen atoms in total. The summed E-state index contributed by atoms with van der Waals surface area (Å²) in [6.45, 7) is 7.15. The molecule has 0 saturated carbocycles. The van der Waals surface area contributed by atoms with E-state index >= 15 is 0 Å². The summed E-state index contributed by atoms with van der Waals surface area (Å²) in [5.74, 6) is 0. The van der Waals surface area contributed by atoms with E-state index in [1.807, 2.05) is 20.8 Å². The molecule has 0 aromatic carbocycles. The zero-order chi connectivity index (χ0) is 11.9. The molecule has 0 radical (unpaired) electrons. The van der Waals surface area contributed by atoms with Crippen LogP contribution < -0.4 is 0 Å². The third kappa shape index (κ3) is 5.12. The number of aliphatic hydroxyl groups excluding tert-OH is 2. The molecule has 0 aliphatic carbocycles. The second kappa shape index (κ2) is 6.78. The van der Waals surface area contributed by atoms with Crippen LogP contribution in [0.3, 0.4) is 0 Å². The molecular formula is C11H22N2O2. The molecule has 0 bridgehead atoms. The second-order valence-electron chi connectivity index (χ2n) is 4.60. The summed E-state index contributed by atoms with van der Waals surface area (Å²) in [5, 5.41) is 26.9. The summed E-state index contributed by atoms with van der Waals surface area (Å²) in [6, 6.07) is 2.42. The number of hydrogen-bond acceptors (Lipinski definition) is 4. The molecular weight excluding hydrogens is 192 g/mol. The first-order valence-electron chi connectivity index (χ1n) is 5.32. The normalized spacial score (nSPS) is 12.1. The van der Waals surface area contributed by atoms with Crippen LogP contribution in [0, 0.1) is 16.7 Å². The summed E-state index contributed by atoms with van der Waals surface area (Å²) >= 11 is 0. The van der Waals surface area contributed by atoms with Gasteiger partial charge in [0.1, 0.15) is 0 Å². The highest BCUT2D eigenvalue weighted by atomic mass is 16.3. The molecule has 0 aromatic rings. The Morgan fingerprint density at radius 1 is 1.33 bits per heavy atom. The van der Waals surface area contributed by atoms with Crippen LogP contribution in [0.1, 0.15) is 27.2 Å². The van der Waals surface area contributed by atoms with Crippen LogP contribution in [0.25, 0.3) is 0 Å². The van der Waals surface area contributed by atoms with Crippen LogP contribution in [0.5, 0.6) is 0 Å². The molecule has 0 aliphatic rings. The van der Waals surface area contributed by atoms with Gasteiger partial charge in [0.15, 0.2) is 0 Å². The van der Waals surface area contributed by atoms with Crippen LogP contribution >= 0.6 is 0 Å². The first kappa shape index (κ1) is 14.4. The standard InChI is InChI=1S/C11H22N2O2/c1-10(2)13(6-4-5-12)7-11(3,8-14)9-15/h10,14-15H,4,6-9H2,1-3H3. The first-order valence-corrected chi connectivity index (χ1v) is 5.32. The largest absolute Gasteiger partial charge is 0.396 e. The lowest BCUT2D eigenvalue weighted by Crippen LogP contribution is -2.44. The fourth-order valence-electron chi connectivity index (χ4n) is 1.35. The average molecular weight is 214 g/mol. The minimum Gasteiger partial charge on any atom is -0.396 e. The topological polar surface area (TPSA) is 67.5 Å². The van der Waals surface area contributed by atoms with Crippen molar-refractivity contribution >= 4 is 0 Å². The van der Waals surface area contributed by atoms with Crippen molar-refractivity contribution in [1.29, 1.82) is 5.26 Å². The lowest BCUT2D eigenvalue weighted by atomic mass is 9.91. The minimum absolute atomic E-state index is 0.0424. The van der Waals surface area contributed by atoms with Crippen molar-refractivity contribution in [3.8, 4) is 6.07 Å². The lowest BCUT2D eigenvalue weighted by Gasteiger charge is -2.34. The highest BCUT2D eigenvalue weighted by Crippen LogP contribution is 2.18. The Kier molecular flexibility index (Phi) is 6.50. The molecule has 15 heavy (non-hydrogen) atoms. The fraction of sp³-hybridized carbons (Fsp3) is 0.909. The van der Waals surface area contributed by atoms with Gasteiger partial charge in [0.25, 0.3) is 0 Å². The molecule has 0 aliphatic heterocycles. The second-order valence-corrected chi connectivity index (χ2v) is 4.60. The van der Waals surface area contributed by atoms with E-state index in [9.17, 15) is 10.2 Å². The summed E-state index contributed by atoms with van der Waals surface area (Å²) in [4.78, 5) is 2.11. The molecule has 0 unspecified atom stereocenters. The van der Waals surface area contributed by atoms with Crippen LogP contribution in [0.15, 0.2) is 0 Å². The Hall–Kier alpha value is -0.630. The van der Waals surface area contributed by atoms with E-state index in [4.69, 9.17) is 5.26 Å². The molecule has 0 fully saturated rings. The van der Waals surface area contributed by atoms with Gasteiger partial charge in [0, 0.05) is 31.0 Å². The van der Waals surface area contributed by atoms with Crippen molar-refractivity contribution in [3.05, 3.63) is 0 Å². The van der Waals surface area contributed by atoms with Crippen LogP contribution in [-0.2, 0) is 0 Å².